The van der Waals surface area contributed by atoms with E-state index in [0.29, 0.717) is 28.4 Å². The zero-order valence-electron chi connectivity index (χ0n) is 13.7. The molecule has 130 valence electrons. The maximum atomic E-state index is 12.6. The lowest BCUT2D eigenvalue weighted by Crippen LogP contribution is -2.50. The number of rotatable bonds is 3. The number of aryl methyl sites for hydroxylation is 1. The molecule has 2 heterocycles. The molecular formula is C17H17N3O3S2. The predicted octanol–water partition coefficient (Wildman–Crippen LogP) is 2.07. The standard InChI is InChI=1S/C17H17N3O3S2/c1-13-5-6-16(24-13)25(22,23)20-9-7-19(8-10-20)17(21)15-4-2-3-14(11-15)12-18/h2-6,11H,7-10H2,1H3. The van der Waals surface area contributed by atoms with Crippen LogP contribution in [0.15, 0.2) is 40.6 Å². The second kappa shape index (κ2) is 6.96. The smallest absolute Gasteiger partial charge is 0.253 e. The molecule has 25 heavy (non-hydrogen) atoms. The number of piperazine rings is 1. The fourth-order valence-corrected chi connectivity index (χ4v) is 5.57. The van der Waals surface area contributed by atoms with Crippen LogP contribution in [-0.4, -0.2) is 49.7 Å². The van der Waals surface area contributed by atoms with E-state index in [9.17, 15) is 13.2 Å². The van der Waals surface area contributed by atoms with Crippen LogP contribution in [0, 0.1) is 18.3 Å². The summed E-state index contributed by atoms with van der Waals surface area (Å²) in [6.45, 7) is 3.07. The summed E-state index contributed by atoms with van der Waals surface area (Å²) in [5.41, 5.74) is 0.879. The average molecular weight is 375 g/mol. The summed E-state index contributed by atoms with van der Waals surface area (Å²) in [4.78, 5) is 15.1. The van der Waals surface area contributed by atoms with E-state index in [0.717, 1.165) is 4.88 Å². The maximum Gasteiger partial charge on any atom is 0.253 e. The number of carbonyl (C=O) groups is 1. The van der Waals surface area contributed by atoms with Crippen LogP contribution in [-0.2, 0) is 10.0 Å². The Balaban J connectivity index is 1.69. The minimum atomic E-state index is -3.49. The van der Waals surface area contributed by atoms with Gasteiger partial charge in [-0.3, -0.25) is 4.79 Å². The number of sulfonamides is 1. The molecular weight excluding hydrogens is 358 g/mol. The lowest BCUT2D eigenvalue weighted by atomic mass is 10.1. The molecule has 0 atom stereocenters. The van der Waals surface area contributed by atoms with Crippen molar-refractivity contribution in [2.24, 2.45) is 0 Å². The van der Waals surface area contributed by atoms with Crippen LogP contribution in [0.2, 0.25) is 0 Å². The number of nitrogens with zero attached hydrogens (tertiary/aromatic N) is 3. The summed E-state index contributed by atoms with van der Waals surface area (Å²) in [5.74, 6) is -0.180. The van der Waals surface area contributed by atoms with Crippen LogP contribution in [0.4, 0.5) is 0 Å². The first kappa shape index (κ1) is 17.6. The molecule has 3 rings (SSSR count). The van der Waals surface area contributed by atoms with Gasteiger partial charge in [0.1, 0.15) is 4.21 Å². The van der Waals surface area contributed by atoms with Gasteiger partial charge in [0, 0.05) is 36.6 Å². The molecule has 1 amide bonds. The number of benzene rings is 1. The van der Waals surface area contributed by atoms with Crippen LogP contribution in [0.3, 0.4) is 0 Å². The first-order valence-corrected chi connectivity index (χ1v) is 10.0. The molecule has 1 saturated heterocycles. The van der Waals surface area contributed by atoms with Crippen LogP contribution < -0.4 is 0 Å². The minimum Gasteiger partial charge on any atom is -0.336 e. The second-order valence-corrected chi connectivity index (χ2v) is 9.21. The quantitative estimate of drug-likeness (QED) is 0.822. The maximum absolute atomic E-state index is 12.6. The number of thiophene rings is 1. The summed E-state index contributed by atoms with van der Waals surface area (Å²) < 4.78 is 27.0. The van der Waals surface area contributed by atoms with Crippen molar-refractivity contribution in [3.8, 4) is 6.07 Å². The van der Waals surface area contributed by atoms with Gasteiger partial charge in [-0.25, -0.2) is 8.42 Å². The van der Waals surface area contributed by atoms with Crippen molar-refractivity contribution in [3.05, 3.63) is 52.4 Å². The summed E-state index contributed by atoms with van der Waals surface area (Å²) >= 11 is 1.26. The van der Waals surface area contributed by atoms with E-state index in [4.69, 9.17) is 5.26 Å². The molecule has 6 nitrogen and oxygen atoms in total. The lowest BCUT2D eigenvalue weighted by Gasteiger charge is -2.33. The lowest BCUT2D eigenvalue weighted by molar-refractivity contribution is 0.0698. The van der Waals surface area contributed by atoms with E-state index in [-0.39, 0.29) is 19.0 Å². The van der Waals surface area contributed by atoms with Crippen molar-refractivity contribution in [1.29, 1.82) is 5.26 Å². The van der Waals surface area contributed by atoms with E-state index in [2.05, 4.69) is 0 Å². The van der Waals surface area contributed by atoms with Crippen molar-refractivity contribution in [2.45, 2.75) is 11.1 Å². The first-order chi connectivity index (χ1) is 11.9. The van der Waals surface area contributed by atoms with Gasteiger partial charge in [-0.2, -0.15) is 9.57 Å². The van der Waals surface area contributed by atoms with E-state index in [1.165, 1.54) is 15.6 Å². The molecule has 0 N–H and O–H groups in total. The highest BCUT2D eigenvalue weighted by atomic mass is 32.2. The average Bonchev–Trinajstić information content (AvgIpc) is 3.08. The van der Waals surface area contributed by atoms with Gasteiger partial charge in [0.2, 0.25) is 0 Å². The summed E-state index contributed by atoms with van der Waals surface area (Å²) in [6.07, 6.45) is 0. The Kier molecular flexibility index (Phi) is 4.90. The highest BCUT2D eigenvalue weighted by Gasteiger charge is 2.31. The minimum absolute atomic E-state index is 0.180. The fraction of sp³-hybridized carbons (Fsp3) is 0.294. The van der Waals surface area contributed by atoms with Crippen molar-refractivity contribution in [3.63, 3.8) is 0 Å². The molecule has 2 aromatic rings. The van der Waals surface area contributed by atoms with Gasteiger partial charge in [-0.05, 0) is 37.3 Å². The van der Waals surface area contributed by atoms with Gasteiger partial charge in [-0.1, -0.05) is 6.07 Å². The van der Waals surface area contributed by atoms with Gasteiger partial charge < -0.3 is 4.90 Å². The number of nitriles is 1. The molecule has 0 unspecified atom stereocenters. The van der Waals surface area contributed by atoms with Crippen molar-refractivity contribution in [2.75, 3.05) is 26.2 Å². The van der Waals surface area contributed by atoms with Crippen molar-refractivity contribution in [1.82, 2.24) is 9.21 Å². The largest absolute Gasteiger partial charge is 0.336 e. The SMILES string of the molecule is Cc1ccc(S(=O)(=O)N2CCN(C(=O)c3cccc(C#N)c3)CC2)s1. The third kappa shape index (κ3) is 3.58. The predicted molar refractivity (Wildman–Crippen MR) is 94.9 cm³/mol. The third-order valence-corrected chi connectivity index (χ3v) is 7.44. The molecule has 1 aliphatic rings. The molecule has 0 aliphatic carbocycles. The molecule has 0 radical (unpaired) electrons. The van der Waals surface area contributed by atoms with Gasteiger partial charge >= 0.3 is 0 Å². The monoisotopic (exact) mass is 375 g/mol. The molecule has 1 aromatic heterocycles. The van der Waals surface area contributed by atoms with Crippen LogP contribution in [0.25, 0.3) is 0 Å². The Labute approximate surface area is 151 Å². The van der Waals surface area contributed by atoms with Crippen LogP contribution in [0.5, 0.6) is 0 Å². The number of hydrogen-bond acceptors (Lipinski definition) is 5. The number of amides is 1. The van der Waals surface area contributed by atoms with Gasteiger partial charge in [0.15, 0.2) is 0 Å². The highest BCUT2D eigenvalue weighted by Crippen LogP contribution is 2.25. The topological polar surface area (TPSA) is 81.5 Å². The zero-order chi connectivity index (χ0) is 18.0. The van der Waals surface area contributed by atoms with Crippen LogP contribution in [0.1, 0.15) is 20.8 Å². The molecule has 1 aliphatic heterocycles. The molecule has 8 heteroatoms. The number of carbonyl (C=O) groups excluding carboxylic acids is 1. The van der Waals surface area contributed by atoms with E-state index in [1.54, 1.807) is 41.3 Å². The number of hydrogen-bond donors (Lipinski definition) is 0. The summed E-state index contributed by atoms with van der Waals surface area (Å²) in [7, 11) is -3.49. The molecule has 0 saturated carbocycles. The van der Waals surface area contributed by atoms with Crippen molar-refractivity contribution < 1.29 is 13.2 Å². The molecule has 1 fully saturated rings. The van der Waals surface area contributed by atoms with E-state index < -0.39 is 10.0 Å². The fourth-order valence-electron chi connectivity index (χ4n) is 2.71. The zero-order valence-corrected chi connectivity index (χ0v) is 15.3. The highest BCUT2D eigenvalue weighted by molar-refractivity contribution is 7.91. The van der Waals surface area contributed by atoms with Crippen molar-refractivity contribution >= 4 is 27.3 Å². The Morgan fingerprint density at radius 1 is 1.16 bits per heavy atom. The van der Waals surface area contributed by atoms with E-state index >= 15 is 0 Å². The second-order valence-electron chi connectivity index (χ2n) is 5.75. The Morgan fingerprint density at radius 3 is 2.48 bits per heavy atom. The van der Waals surface area contributed by atoms with Gasteiger partial charge in [0.25, 0.3) is 15.9 Å². The summed E-state index contributed by atoms with van der Waals surface area (Å²) in [5, 5.41) is 8.94. The first-order valence-electron chi connectivity index (χ1n) is 7.78. The van der Waals surface area contributed by atoms with Gasteiger partial charge in [-0.15, -0.1) is 11.3 Å². The Bertz CT molecular complexity index is 936. The summed E-state index contributed by atoms with van der Waals surface area (Å²) in [6, 6.07) is 12.0. The Morgan fingerprint density at radius 2 is 1.88 bits per heavy atom. The Hall–Kier alpha value is -2.21. The van der Waals surface area contributed by atoms with E-state index in [1.807, 2.05) is 13.0 Å². The third-order valence-electron chi connectivity index (χ3n) is 4.07. The molecule has 0 bridgehead atoms. The van der Waals surface area contributed by atoms with Gasteiger partial charge in [0.05, 0.1) is 11.6 Å². The molecule has 0 spiro atoms. The van der Waals surface area contributed by atoms with Crippen LogP contribution >= 0.6 is 11.3 Å². The molecule has 1 aromatic carbocycles. The normalized spacial score (nSPS) is 15.8.